The molecule has 130 heavy (non-hydrogen) atoms. The van der Waals surface area contributed by atoms with E-state index in [4.69, 9.17) is 61.8 Å². The van der Waals surface area contributed by atoms with E-state index in [1.807, 2.05) is 146 Å². The molecule has 0 fully saturated rings. The van der Waals surface area contributed by atoms with Gasteiger partial charge in [0.2, 0.25) is 5.69 Å². The Labute approximate surface area is 774 Å². The summed E-state index contributed by atoms with van der Waals surface area (Å²) in [5.74, 6) is -4.41. The fourth-order valence-electron chi connectivity index (χ4n) is 17.4. The molecule has 0 saturated carbocycles. The summed E-state index contributed by atoms with van der Waals surface area (Å²) in [6, 6.07) is 94.3. The number of para-hydroxylation sites is 1. The SMILES string of the molecule is CC/C(=C(\C1=C(C#N)c2ccccc2C1)c1ccc(/C=C/C(=O)O)cc1)c1ccc(Cl)cc1Cl.CC/C(=C(\C1=C(C)c2ccccc2C1)c1ccc(/C=C/C(=O)O)cc1)c1cccc(C)c1.CC/C(=C(\C1=Cc2ccccc2C1)c1ccc(/C=C/C(=O)O)cc1)c1ccccc1Cl.[C-]#[N+]c1c(F)cccc1/C(CC)=C(/C1=Cc2ccccc2C1)c1ccc(/C=C/C(=O)O)cc1. The first-order chi connectivity index (χ1) is 63.0. The average molecular weight is 1770 g/mol. The normalized spacial score (nSPS) is 13.6. The zero-order chi connectivity index (χ0) is 92.1. The fourth-order valence-corrected chi connectivity index (χ4v) is 18.2. The number of benzene rings is 12. The molecular weight excluding hydrogens is 1670 g/mol. The van der Waals surface area contributed by atoms with Crippen LogP contribution in [0.2, 0.25) is 15.1 Å². The van der Waals surface area contributed by atoms with Gasteiger partial charge in [0.15, 0.2) is 0 Å². The van der Waals surface area contributed by atoms with Crippen molar-refractivity contribution in [3.63, 3.8) is 0 Å². The predicted octanol–water partition coefficient (Wildman–Crippen LogP) is 30.2. The zero-order valence-corrected chi connectivity index (χ0v) is 75.1. The molecule has 4 N–H and O–H groups in total. The Morgan fingerprint density at radius 2 is 0.777 bits per heavy atom. The molecule has 12 aromatic carbocycles. The van der Waals surface area contributed by atoms with Gasteiger partial charge in [0.05, 0.1) is 12.1 Å². The first kappa shape index (κ1) is 92.8. The van der Waals surface area contributed by atoms with E-state index in [1.54, 1.807) is 36.4 Å². The molecule has 644 valence electrons. The summed E-state index contributed by atoms with van der Waals surface area (Å²) in [4.78, 5) is 46.9. The van der Waals surface area contributed by atoms with E-state index in [0.717, 1.165) is 161 Å². The van der Waals surface area contributed by atoms with Crippen molar-refractivity contribution in [2.75, 3.05) is 0 Å². The maximum atomic E-state index is 14.5. The number of carbonyl (C=O) groups is 4. The van der Waals surface area contributed by atoms with Gasteiger partial charge in [0.1, 0.15) is 11.9 Å². The highest BCUT2D eigenvalue weighted by Gasteiger charge is 2.30. The van der Waals surface area contributed by atoms with Gasteiger partial charge in [0.25, 0.3) is 0 Å². The van der Waals surface area contributed by atoms with Crippen molar-refractivity contribution in [3.8, 4) is 6.07 Å². The second kappa shape index (κ2) is 43.6. The molecule has 0 saturated heterocycles. The van der Waals surface area contributed by atoms with Crippen molar-refractivity contribution < 1.29 is 44.0 Å². The molecule has 0 spiro atoms. The van der Waals surface area contributed by atoms with Gasteiger partial charge in [-0.3, -0.25) is 0 Å². The zero-order valence-electron chi connectivity index (χ0n) is 72.8. The molecular formula is C116H94Cl3FN2O8. The highest BCUT2D eigenvalue weighted by Crippen LogP contribution is 2.49. The first-order valence-electron chi connectivity index (χ1n) is 43.0. The summed E-state index contributed by atoms with van der Waals surface area (Å²) < 4.78 is 14.5. The Balaban J connectivity index is 0.000000148. The van der Waals surface area contributed by atoms with Crippen LogP contribution in [0, 0.1) is 30.6 Å². The lowest BCUT2D eigenvalue weighted by Gasteiger charge is -2.19. The summed E-state index contributed by atoms with van der Waals surface area (Å²) in [5.41, 5.74) is 37.9. The largest absolute Gasteiger partial charge is 0.478 e. The number of carboxylic acids is 4. The smallest absolute Gasteiger partial charge is 0.328 e. The fraction of sp³-hybridized carbons (Fsp3) is 0.121. The number of fused-ring (bicyclic) bond motifs is 4. The Morgan fingerprint density at radius 3 is 1.21 bits per heavy atom. The van der Waals surface area contributed by atoms with Crippen LogP contribution in [0.1, 0.15) is 177 Å². The topological polar surface area (TPSA) is 177 Å². The standard InChI is InChI=1S/C30H28O2.C29H21Cl2NO2.C29H22FNO2.C28H23ClO2/c1-4-26(24-10-7-8-20(2)18-24)30(23-15-12-22(13-16-23)14-17-29(31)32)28-19-25-9-5-6-11-27(25)21(28)3;1-2-22(24-13-12-21(30)16-27(24)31)29(19-10-7-18(8-11-19)9-14-28(33)34)25-15-20-5-3-4-6-23(20)26(25)17-32;1-3-24(25-9-6-10-26(30)29(25)31-2)28(23-17-21-7-4-5-8-22(21)18-23)20-14-11-19(12-15-20)13-16-27(32)33;1-2-24(25-9-5-6-10-26(25)29)28(23-17-21-7-3-4-8-22(21)18-23)20-14-11-19(12-15-20)13-16-27(30)31/h5-18H,4,19H2,1-3H3,(H,31,32);3-14,16H,2,15H2,1H3,(H,33,34);4-17H,3,18H2,1H3,(H,32,33);3-17H,2,18H2,1H3,(H,30,31)/b17-14+,30-26+;14-9+,29-22+;2*16-13+,28-24+. The molecule has 0 atom stereocenters. The molecule has 0 radical (unpaired) electrons. The van der Waals surface area contributed by atoms with E-state index >= 15 is 0 Å². The molecule has 12 aromatic rings. The van der Waals surface area contributed by atoms with E-state index in [1.165, 1.54) is 90.1 Å². The van der Waals surface area contributed by atoms with Gasteiger partial charge in [-0.25, -0.2) is 28.4 Å². The van der Waals surface area contributed by atoms with E-state index in [0.29, 0.717) is 40.4 Å². The van der Waals surface area contributed by atoms with Crippen molar-refractivity contribution in [2.45, 2.75) is 92.9 Å². The third-order valence-corrected chi connectivity index (χ3v) is 24.3. The van der Waals surface area contributed by atoms with Crippen molar-refractivity contribution in [1.29, 1.82) is 5.26 Å². The van der Waals surface area contributed by atoms with E-state index in [2.05, 4.69) is 179 Å². The number of halogens is 4. The third kappa shape index (κ3) is 22.2. The summed E-state index contributed by atoms with van der Waals surface area (Å²) in [6.07, 6.45) is 21.6. The molecule has 0 bridgehead atoms. The first-order valence-corrected chi connectivity index (χ1v) is 44.1. The molecule has 0 heterocycles. The second-order valence-electron chi connectivity index (χ2n) is 31.6. The average Bonchev–Trinajstić information content (AvgIpc) is 1.55. The minimum Gasteiger partial charge on any atom is -0.478 e. The number of hydrogen-bond donors (Lipinski definition) is 4. The van der Waals surface area contributed by atoms with Gasteiger partial charge in [-0.2, -0.15) is 5.26 Å². The predicted molar refractivity (Wildman–Crippen MR) is 534 cm³/mol. The molecule has 16 rings (SSSR count). The number of rotatable bonds is 24. The highest BCUT2D eigenvalue weighted by atomic mass is 35.5. The summed E-state index contributed by atoms with van der Waals surface area (Å²) >= 11 is 19.4. The van der Waals surface area contributed by atoms with Crippen molar-refractivity contribution in [1.82, 2.24) is 0 Å². The number of nitrogens with zero attached hydrogens (tertiary/aromatic N) is 2. The molecule has 4 aliphatic rings. The Kier molecular flexibility index (Phi) is 31.1. The molecule has 0 aromatic heterocycles. The lowest BCUT2D eigenvalue weighted by molar-refractivity contribution is -0.132. The molecule has 14 heteroatoms. The lowest BCUT2D eigenvalue weighted by Crippen LogP contribution is -1.99. The number of carboxylic acid groups (broad SMARTS) is 4. The van der Waals surface area contributed by atoms with Gasteiger partial charge in [-0.1, -0.05) is 335 Å². The number of nitriles is 1. The maximum Gasteiger partial charge on any atom is 0.328 e. The molecule has 10 nitrogen and oxygen atoms in total. The number of allylic oxidation sites excluding steroid dienone is 14. The van der Waals surface area contributed by atoms with E-state index in [-0.39, 0.29) is 5.69 Å². The van der Waals surface area contributed by atoms with Gasteiger partial charge in [0, 0.05) is 45.8 Å². The van der Waals surface area contributed by atoms with Crippen LogP contribution in [0.3, 0.4) is 0 Å². The van der Waals surface area contributed by atoms with Crippen LogP contribution in [-0.4, -0.2) is 44.3 Å². The third-order valence-electron chi connectivity index (χ3n) is 23.4. The van der Waals surface area contributed by atoms with Crippen LogP contribution in [0.4, 0.5) is 10.1 Å². The van der Waals surface area contributed by atoms with Crippen LogP contribution in [-0.2, 0) is 44.9 Å². The van der Waals surface area contributed by atoms with Crippen LogP contribution in [0.5, 0.6) is 0 Å². The molecule has 0 aliphatic heterocycles. The molecule has 0 unspecified atom stereocenters. The quantitative estimate of drug-likeness (QED) is 0.0260. The van der Waals surface area contributed by atoms with Gasteiger partial charge in [-0.15, -0.1) is 0 Å². The van der Waals surface area contributed by atoms with Crippen molar-refractivity contribution in [3.05, 3.63) is 475 Å². The molecule has 0 amide bonds. The van der Waals surface area contributed by atoms with E-state index < -0.39 is 29.7 Å². The monoisotopic (exact) mass is 1770 g/mol. The summed E-state index contributed by atoms with van der Waals surface area (Å²) in [7, 11) is 0. The Morgan fingerprint density at radius 1 is 0.392 bits per heavy atom. The minimum atomic E-state index is -1.00. The van der Waals surface area contributed by atoms with Crippen LogP contribution in [0.25, 0.3) is 97.0 Å². The van der Waals surface area contributed by atoms with Crippen LogP contribution in [0.15, 0.2) is 326 Å². The number of aliphatic carboxylic acids is 4. The summed E-state index contributed by atoms with van der Waals surface area (Å²) in [5, 5.41) is 47.6. The van der Waals surface area contributed by atoms with Crippen LogP contribution < -0.4 is 0 Å². The summed E-state index contributed by atoms with van der Waals surface area (Å²) in [6.45, 7) is 20.4. The van der Waals surface area contributed by atoms with E-state index in [9.17, 15) is 28.8 Å². The maximum absolute atomic E-state index is 14.5. The second-order valence-corrected chi connectivity index (χ2v) is 32.8. The van der Waals surface area contributed by atoms with Gasteiger partial charge in [-0.05, 0) is 291 Å². The van der Waals surface area contributed by atoms with Gasteiger partial charge >= 0.3 is 23.9 Å². The highest BCUT2D eigenvalue weighted by molar-refractivity contribution is 6.36. The Hall–Kier alpha value is -14.8. The van der Waals surface area contributed by atoms with Gasteiger partial charge < -0.3 is 20.4 Å². The van der Waals surface area contributed by atoms with Crippen LogP contribution >= 0.6 is 34.8 Å². The molecule has 4 aliphatic carbocycles. The number of aryl methyl sites for hydroxylation is 1. The number of hydrogen-bond acceptors (Lipinski definition) is 5. The van der Waals surface area contributed by atoms with Crippen molar-refractivity contribution in [2.24, 2.45) is 0 Å². The van der Waals surface area contributed by atoms with Crippen molar-refractivity contribution >= 4 is 157 Å². The lowest BCUT2D eigenvalue weighted by atomic mass is 9.85. The Bertz CT molecular complexity index is 6890. The minimum absolute atomic E-state index is 0.0315.